The fourth-order valence-electron chi connectivity index (χ4n) is 0.587. The molecule has 0 spiro atoms. The van der Waals surface area contributed by atoms with Crippen molar-refractivity contribution in [2.75, 3.05) is 0 Å². The van der Waals surface area contributed by atoms with Gasteiger partial charge >= 0.3 is 0 Å². The molecule has 0 aliphatic heterocycles. The Morgan fingerprint density at radius 1 is 1.20 bits per heavy atom. The summed E-state index contributed by atoms with van der Waals surface area (Å²) in [5.41, 5.74) is -0.617. The highest BCUT2D eigenvalue weighted by Crippen LogP contribution is 2.16. The molecule has 3 unspecified atom stereocenters. The Morgan fingerprint density at radius 2 is 1.70 bits per heavy atom. The van der Waals surface area contributed by atoms with Gasteiger partial charge in [0, 0.05) is 0 Å². The van der Waals surface area contributed by atoms with Crippen LogP contribution in [0.2, 0.25) is 0 Å². The van der Waals surface area contributed by atoms with Crippen LogP contribution in [0.25, 0.3) is 0 Å². The summed E-state index contributed by atoms with van der Waals surface area (Å²) in [4.78, 5) is 0. The normalized spacial score (nSPS) is 20.1. The van der Waals surface area contributed by atoms with E-state index in [1.807, 2.05) is 0 Å². The van der Waals surface area contributed by atoms with E-state index in [0.29, 0.717) is 0 Å². The molecular weight excluding hydrogens is 152 g/mol. The van der Waals surface area contributed by atoms with Gasteiger partial charge in [-0.15, -0.1) is 0 Å². The lowest BCUT2D eigenvalue weighted by Crippen LogP contribution is -2.15. The molecule has 2 N–H and O–H groups in total. The van der Waals surface area contributed by atoms with Crippen LogP contribution >= 0.6 is 11.8 Å². The van der Waals surface area contributed by atoms with Crippen molar-refractivity contribution in [2.45, 2.75) is 37.9 Å². The van der Waals surface area contributed by atoms with Gasteiger partial charge in [0.2, 0.25) is 0 Å². The number of aliphatic hydroxyl groups excluding tert-OH is 2. The molecule has 0 aromatic rings. The third kappa shape index (κ3) is 6.35. The standard InChI is InChI=1S/C6H14O3S/c1-4(7)9-6(3)10-5(2)8/h4-8H,1-3H3. The molecule has 0 rings (SSSR count). The van der Waals surface area contributed by atoms with Crippen molar-refractivity contribution in [1.29, 1.82) is 0 Å². The van der Waals surface area contributed by atoms with Crippen molar-refractivity contribution in [1.82, 2.24) is 0 Å². The van der Waals surface area contributed by atoms with Gasteiger partial charge in [0.05, 0.1) is 5.44 Å². The van der Waals surface area contributed by atoms with E-state index in [-0.39, 0.29) is 5.44 Å². The van der Waals surface area contributed by atoms with Gasteiger partial charge < -0.3 is 14.9 Å². The molecule has 4 heteroatoms. The van der Waals surface area contributed by atoms with Gasteiger partial charge in [-0.05, 0) is 20.8 Å². The van der Waals surface area contributed by atoms with E-state index < -0.39 is 11.7 Å². The van der Waals surface area contributed by atoms with Crippen LogP contribution in [-0.2, 0) is 4.74 Å². The molecule has 0 radical (unpaired) electrons. The molecule has 62 valence electrons. The number of ether oxygens (including phenoxy) is 1. The van der Waals surface area contributed by atoms with Crippen molar-refractivity contribution < 1.29 is 14.9 Å². The maximum atomic E-state index is 8.84. The van der Waals surface area contributed by atoms with Crippen molar-refractivity contribution in [3.05, 3.63) is 0 Å². The van der Waals surface area contributed by atoms with Gasteiger partial charge in [-0.1, -0.05) is 11.8 Å². The molecule has 0 fully saturated rings. The Morgan fingerprint density at radius 3 is 2.00 bits per heavy atom. The summed E-state index contributed by atoms with van der Waals surface area (Å²) in [6, 6.07) is 0. The van der Waals surface area contributed by atoms with Crippen LogP contribution in [0, 0.1) is 0 Å². The molecule has 0 saturated carbocycles. The second-order valence-corrected chi connectivity index (χ2v) is 3.66. The molecule has 0 saturated heterocycles. The summed E-state index contributed by atoms with van der Waals surface area (Å²) < 4.78 is 4.92. The van der Waals surface area contributed by atoms with E-state index in [0.717, 1.165) is 0 Å². The zero-order valence-electron chi connectivity index (χ0n) is 6.44. The van der Waals surface area contributed by atoms with Gasteiger partial charge in [-0.25, -0.2) is 0 Å². The second kappa shape index (κ2) is 4.96. The molecule has 0 heterocycles. The Hall–Kier alpha value is 0.230. The number of hydrogen-bond donors (Lipinski definition) is 2. The monoisotopic (exact) mass is 166 g/mol. The Labute approximate surface area is 65.4 Å². The Balaban J connectivity index is 3.34. The lowest BCUT2D eigenvalue weighted by atomic mass is 10.7. The van der Waals surface area contributed by atoms with E-state index in [2.05, 4.69) is 0 Å². The highest BCUT2D eigenvalue weighted by Gasteiger charge is 2.08. The van der Waals surface area contributed by atoms with E-state index in [1.165, 1.54) is 11.8 Å². The fourth-order valence-corrected chi connectivity index (χ4v) is 1.37. The van der Waals surface area contributed by atoms with Crippen LogP contribution < -0.4 is 0 Å². The van der Waals surface area contributed by atoms with Crippen molar-refractivity contribution in [3.63, 3.8) is 0 Å². The van der Waals surface area contributed by atoms with Crippen LogP contribution in [-0.4, -0.2) is 27.4 Å². The average molecular weight is 166 g/mol. The Bertz CT molecular complexity index is 75.1. The second-order valence-electron chi connectivity index (χ2n) is 2.04. The minimum Gasteiger partial charge on any atom is -0.383 e. The largest absolute Gasteiger partial charge is 0.383 e. The van der Waals surface area contributed by atoms with Crippen LogP contribution in [0.1, 0.15) is 20.8 Å². The Kier molecular flexibility index (Phi) is 5.07. The lowest BCUT2D eigenvalue weighted by Gasteiger charge is -2.15. The molecule has 0 aliphatic carbocycles. The maximum Gasteiger partial charge on any atom is 0.153 e. The quantitative estimate of drug-likeness (QED) is 0.605. The molecule has 0 bridgehead atoms. The number of rotatable bonds is 4. The van der Waals surface area contributed by atoms with Crippen LogP contribution in [0.4, 0.5) is 0 Å². The van der Waals surface area contributed by atoms with Crippen LogP contribution in [0.3, 0.4) is 0 Å². The summed E-state index contributed by atoms with van der Waals surface area (Å²) >= 11 is 1.26. The zero-order valence-corrected chi connectivity index (χ0v) is 7.26. The first-order valence-electron chi connectivity index (χ1n) is 3.19. The van der Waals surface area contributed by atoms with Gasteiger partial charge in [0.1, 0.15) is 5.44 Å². The molecule has 0 aliphatic rings. The van der Waals surface area contributed by atoms with E-state index >= 15 is 0 Å². The van der Waals surface area contributed by atoms with E-state index in [9.17, 15) is 0 Å². The third-order valence-electron chi connectivity index (χ3n) is 0.777. The van der Waals surface area contributed by atoms with Crippen molar-refractivity contribution in [2.24, 2.45) is 0 Å². The predicted octanol–water partition coefficient (Wildman–Crippen LogP) is 0.759. The predicted molar refractivity (Wildman–Crippen MR) is 41.5 cm³/mol. The first kappa shape index (κ1) is 10.2. The van der Waals surface area contributed by atoms with Crippen LogP contribution in [0.5, 0.6) is 0 Å². The number of aliphatic hydroxyl groups is 2. The molecule has 0 aromatic heterocycles. The minimum absolute atomic E-state index is 0.167. The van der Waals surface area contributed by atoms with Gasteiger partial charge in [0.25, 0.3) is 0 Å². The van der Waals surface area contributed by atoms with Gasteiger partial charge in [0.15, 0.2) is 6.29 Å². The van der Waals surface area contributed by atoms with E-state index in [1.54, 1.807) is 20.8 Å². The summed E-state index contributed by atoms with van der Waals surface area (Å²) in [6.07, 6.45) is -0.763. The third-order valence-corrected chi connectivity index (χ3v) is 1.67. The first-order chi connectivity index (χ1) is 4.52. The topological polar surface area (TPSA) is 49.7 Å². The average Bonchev–Trinajstić information content (AvgIpc) is 1.58. The van der Waals surface area contributed by atoms with Crippen molar-refractivity contribution in [3.8, 4) is 0 Å². The number of hydrogen-bond acceptors (Lipinski definition) is 4. The summed E-state index contributed by atoms with van der Waals surface area (Å²) in [5.74, 6) is 0. The molecule has 0 amide bonds. The molecular formula is C6H14O3S. The first-order valence-corrected chi connectivity index (χ1v) is 4.13. The summed E-state index contributed by atoms with van der Waals surface area (Å²) in [7, 11) is 0. The molecule has 3 atom stereocenters. The summed E-state index contributed by atoms with van der Waals surface area (Å²) in [6.45, 7) is 4.98. The fraction of sp³-hybridized carbons (Fsp3) is 1.00. The summed E-state index contributed by atoms with van der Waals surface area (Å²) in [5, 5.41) is 17.6. The highest BCUT2D eigenvalue weighted by molar-refractivity contribution is 8.00. The number of thioether (sulfide) groups is 1. The van der Waals surface area contributed by atoms with Gasteiger partial charge in [-0.3, -0.25) is 0 Å². The van der Waals surface area contributed by atoms with Crippen molar-refractivity contribution >= 4 is 11.8 Å². The minimum atomic E-state index is -0.763. The van der Waals surface area contributed by atoms with Gasteiger partial charge in [-0.2, -0.15) is 0 Å². The molecule has 0 aromatic carbocycles. The SMILES string of the molecule is CC(O)OC(C)SC(C)O. The highest BCUT2D eigenvalue weighted by atomic mass is 32.2. The van der Waals surface area contributed by atoms with E-state index in [4.69, 9.17) is 14.9 Å². The lowest BCUT2D eigenvalue weighted by molar-refractivity contribution is -0.0916. The molecule has 3 nitrogen and oxygen atoms in total. The molecule has 10 heavy (non-hydrogen) atoms. The van der Waals surface area contributed by atoms with Crippen LogP contribution in [0.15, 0.2) is 0 Å². The maximum absolute atomic E-state index is 8.84. The smallest absolute Gasteiger partial charge is 0.153 e. The zero-order chi connectivity index (χ0) is 8.15.